The van der Waals surface area contributed by atoms with Gasteiger partial charge in [-0.1, -0.05) is 6.07 Å². The second-order valence-corrected chi connectivity index (χ2v) is 6.74. The van der Waals surface area contributed by atoms with E-state index >= 15 is 0 Å². The summed E-state index contributed by atoms with van der Waals surface area (Å²) in [6.07, 6.45) is 0.557. The highest BCUT2D eigenvalue weighted by Crippen LogP contribution is 2.50. The lowest BCUT2D eigenvalue weighted by Gasteiger charge is -2.34. The van der Waals surface area contributed by atoms with E-state index in [-0.39, 0.29) is 35.2 Å². The Morgan fingerprint density at radius 1 is 1.04 bits per heavy atom. The summed E-state index contributed by atoms with van der Waals surface area (Å²) >= 11 is 0. The van der Waals surface area contributed by atoms with Crippen LogP contribution in [0, 0.1) is 11.8 Å². The van der Waals surface area contributed by atoms with E-state index in [1.165, 1.54) is 14.2 Å². The van der Waals surface area contributed by atoms with Crippen LogP contribution in [-0.2, 0) is 16.0 Å². The molecule has 6 heteroatoms. The molecule has 0 amide bonds. The van der Waals surface area contributed by atoms with Crippen molar-refractivity contribution in [3.8, 4) is 23.0 Å². The minimum atomic E-state index is -0.235. The van der Waals surface area contributed by atoms with Crippen LogP contribution in [-0.4, -0.2) is 37.0 Å². The predicted molar refractivity (Wildman–Crippen MR) is 92.8 cm³/mol. The fraction of sp³-hybridized carbons (Fsp3) is 0.350. The number of carbonyl (C=O) groups excluding carboxylic acids is 1. The lowest BCUT2D eigenvalue weighted by Crippen LogP contribution is -2.31. The van der Waals surface area contributed by atoms with E-state index in [1.807, 2.05) is 6.07 Å². The average Bonchev–Trinajstić information content (AvgIpc) is 3.00. The lowest BCUT2D eigenvalue weighted by atomic mass is 9.67. The number of phenols is 2. The first-order valence-corrected chi connectivity index (χ1v) is 8.46. The number of cyclic esters (lactones) is 1. The van der Waals surface area contributed by atoms with Gasteiger partial charge >= 0.3 is 5.97 Å². The maximum Gasteiger partial charge on any atom is 0.309 e. The zero-order valence-electron chi connectivity index (χ0n) is 14.6. The Bertz CT molecular complexity index is 875. The van der Waals surface area contributed by atoms with Gasteiger partial charge in [0.2, 0.25) is 0 Å². The zero-order chi connectivity index (χ0) is 18.4. The molecule has 26 heavy (non-hydrogen) atoms. The van der Waals surface area contributed by atoms with Gasteiger partial charge in [-0.25, -0.2) is 0 Å². The number of aromatic hydroxyl groups is 2. The molecule has 0 unspecified atom stereocenters. The number of hydrogen-bond acceptors (Lipinski definition) is 6. The van der Waals surface area contributed by atoms with Crippen LogP contribution < -0.4 is 9.47 Å². The summed E-state index contributed by atoms with van der Waals surface area (Å²) in [7, 11) is 2.99. The number of carbonyl (C=O) groups is 1. The summed E-state index contributed by atoms with van der Waals surface area (Å²) in [5, 5.41) is 20.2. The van der Waals surface area contributed by atoms with Gasteiger partial charge in [-0.3, -0.25) is 4.79 Å². The Kier molecular flexibility index (Phi) is 3.90. The lowest BCUT2D eigenvalue weighted by molar-refractivity contribution is -0.141. The number of benzene rings is 2. The fourth-order valence-electron chi connectivity index (χ4n) is 4.18. The smallest absolute Gasteiger partial charge is 0.309 e. The zero-order valence-corrected chi connectivity index (χ0v) is 14.6. The largest absolute Gasteiger partial charge is 0.504 e. The molecule has 4 rings (SSSR count). The molecule has 6 nitrogen and oxygen atoms in total. The van der Waals surface area contributed by atoms with Crippen LogP contribution in [0.1, 0.15) is 22.6 Å². The van der Waals surface area contributed by atoms with E-state index in [9.17, 15) is 15.0 Å². The molecule has 2 aliphatic rings. The molecule has 3 atom stereocenters. The molecule has 0 bridgehead atoms. The van der Waals surface area contributed by atoms with Crippen LogP contribution in [0.15, 0.2) is 30.3 Å². The molecule has 1 fully saturated rings. The van der Waals surface area contributed by atoms with E-state index in [1.54, 1.807) is 24.3 Å². The fourth-order valence-corrected chi connectivity index (χ4v) is 4.18. The number of phenolic OH excluding ortho intramolecular Hbond substituents is 2. The maximum atomic E-state index is 12.2. The van der Waals surface area contributed by atoms with Crippen molar-refractivity contribution in [2.75, 3.05) is 20.8 Å². The summed E-state index contributed by atoms with van der Waals surface area (Å²) in [5.41, 5.74) is 2.80. The number of ether oxygens (including phenoxy) is 3. The first kappa shape index (κ1) is 16.6. The first-order valence-electron chi connectivity index (χ1n) is 8.46. The van der Waals surface area contributed by atoms with E-state index in [0.29, 0.717) is 24.5 Å². The van der Waals surface area contributed by atoms with Crippen LogP contribution >= 0.6 is 0 Å². The number of methoxy groups -OCH3 is 2. The van der Waals surface area contributed by atoms with Crippen molar-refractivity contribution in [2.45, 2.75) is 12.3 Å². The van der Waals surface area contributed by atoms with E-state index in [2.05, 4.69) is 0 Å². The molecule has 1 aliphatic carbocycles. The average molecular weight is 356 g/mol. The summed E-state index contributed by atoms with van der Waals surface area (Å²) < 4.78 is 15.8. The van der Waals surface area contributed by atoms with Crippen molar-refractivity contribution in [3.05, 3.63) is 47.0 Å². The number of esters is 1. The summed E-state index contributed by atoms with van der Waals surface area (Å²) in [6, 6.07) is 8.67. The van der Waals surface area contributed by atoms with Gasteiger partial charge in [0.1, 0.15) is 0 Å². The molecule has 0 aromatic heterocycles. The highest BCUT2D eigenvalue weighted by molar-refractivity contribution is 5.77. The van der Waals surface area contributed by atoms with E-state index < -0.39 is 0 Å². The minimum Gasteiger partial charge on any atom is -0.504 e. The molecule has 0 radical (unpaired) electrons. The number of fused-ring (bicyclic) bond motifs is 2. The quantitative estimate of drug-likeness (QED) is 0.823. The molecule has 2 aromatic carbocycles. The summed E-state index contributed by atoms with van der Waals surface area (Å²) in [4.78, 5) is 12.2. The van der Waals surface area contributed by atoms with E-state index in [4.69, 9.17) is 14.2 Å². The Morgan fingerprint density at radius 3 is 2.50 bits per heavy atom. The van der Waals surface area contributed by atoms with Crippen LogP contribution in [0.5, 0.6) is 23.0 Å². The van der Waals surface area contributed by atoms with Gasteiger partial charge in [-0.05, 0) is 47.4 Å². The summed E-state index contributed by atoms with van der Waals surface area (Å²) in [5.74, 6) is 0.263. The predicted octanol–water partition coefficient (Wildman–Crippen LogP) is 2.59. The monoisotopic (exact) mass is 356 g/mol. The Labute approximate surface area is 150 Å². The molecule has 136 valence electrons. The van der Waals surface area contributed by atoms with Gasteiger partial charge in [0, 0.05) is 11.8 Å². The van der Waals surface area contributed by atoms with Crippen LogP contribution in [0.3, 0.4) is 0 Å². The van der Waals surface area contributed by atoms with Crippen molar-refractivity contribution in [1.29, 1.82) is 0 Å². The van der Waals surface area contributed by atoms with Crippen LogP contribution in [0.25, 0.3) is 0 Å². The second kappa shape index (κ2) is 6.12. The van der Waals surface area contributed by atoms with Crippen molar-refractivity contribution >= 4 is 5.97 Å². The molecule has 1 aliphatic heterocycles. The third-order valence-electron chi connectivity index (χ3n) is 5.44. The Balaban J connectivity index is 1.89. The Morgan fingerprint density at radius 2 is 1.77 bits per heavy atom. The van der Waals surface area contributed by atoms with Gasteiger partial charge in [0.15, 0.2) is 23.0 Å². The molecule has 2 N–H and O–H groups in total. The van der Waals surface area contributed by atoms with Crippen molar-refractivity contribution < 1.29 is 29.2 Å². The third kappa shape index (κ3) is 2.44. The molecule has 0 saturated carbocycles. The standard InChI is InChI=1S/C20H20O6/c1-24-17-6-10(3-4-15(17)21)19-12-8-16(22)18(25-2)7-11(12)5-13-14(19)9-26-20(13)23/h3-4,6-8,13-14,19,21-22H,5,9H2,1-2H3/t13-,14+,19+/m1/s1. The van der Waals surface area contributed by atoms with Crippen LogP contribution in [0.4, 0.5) is 0 Å². The molecule has 1 heterocycles. The molecular weight excluding hydrogens is 336 g/mol. The maximum absolute atomic E-state index is 12.2. The van der Waals surface area contributed by atoms with Crippen molar-refractivity contribution in [2.24, 2.45) is 11.8 Å². The minimum absolute atomic E-state index is 0.0305. The summed E-state index contributed by atoms with van der Waals surface area (Å²) in [6.45, 7) is 0.337. The molecule has 2 aromatic rings. The molecular formula is C20H20O6. The van der Waals surface area contributed by atoms with Gasteiger partial charge < -0.3 is 24.4 Å². The van der Waals surface area contributed by atoms with Gasteiger partial charge in [0.05, 0.1) is 26.7 Å². The SMILES string of the molecule is COc1cc([C@H]2c3cc(O)c(OC)cc3C[C@H]3C(=O)OC[C@H]23)ccc1O. The molecule has 0 spiro atoms. The third-order valence-corrected chi connectivity index (χ3v) is 5.44. The van der Waals surface area contributed by atoms with Crippen LogP contribution in [0.2, 0.25) is 0 Å². The van der Waals surface area contributed by atoms with Gasteiger partial charge in [0.25, 0.3) is 0 Å². The van der Waals surface area contributed by atoms with Gasteiger partial charge in [-0.2, -0.15) is 0 Å². The van der Waals surface area contributed by atoms with Gasteiger partial charge in [-0.15, -0.1) is 0 Å². The highest BCUT2D eigenvalue weighted by Gasteiger charge is 2.47. The van der Waals surface area contributed by atoms with Crippen molar-refractivity contribution in [1.82, 2.24) is 0 Å². The van der Waals surface area contributed by atoms with E-state index in [0.717, 1.165) is 16.7 Å². The Hall–Kier alpha value is -2.89. The first-order chi connectivity index (χ1) is 12.5. The highest BCUT2D eigenvalue weighted by atomic mass is 16.5. The van der Waals surface area contributed by atoms with Crippen molar-refractivity contribution in [3.63, 3.8) is 0 Å². The normalized spacial score (nSPS) is 23.8. The topological polar surface area (TPSA) is 85.2 Å². The second-order valence-electron chi connectivity index (χ2n) is 6.74. The number of rotatable bonds is 3. The molecule has 1 saturated heterocycles. The number of hydrogen-bond donors (Lipinski definition) is 2.